The van der Waals surface area contributed by atoms with E-state index in [4.69, 9.17) is 14.2 Å². The second-order valence-electron chi connectivity index (χ2n) is 4.59. The highest BCUT2D eigenvalue weighted by Gasteiger charge is 2.12. The summed E-state index contributed by atoms with van der Waals surface area (Å²) in [6, 6.07) is 12.9. The first-order valence-electron chi connectivity index (χ1n) is 6.59. The highest BCUT2D eigenvalue weighted by atomic mass is 16.5. The summed E-state index contributed by atoms with van der Waals surface area (Å²) in [5.41, 5.74) is 2.37. The maximum Gasteiger partial charge on any atom is 0.338 e. The molecule has 0 fully saturated rings. The lowest BCUT2D eigenvalue weighted by atomic mass is 10.1. The Morgan fingerprint density at radius 3 is 2.52 bits per heavy atom. The Kier molecular flexibility index (Phi) is 4.82. The number of hydrogen-bond donors (Lipinski definition) is 0. The molecule has 4 nitrogen and oxygen atoms in total. The quantitative estimate of drug-likeness (QED) is 0.790. The molecule has 0 aromatic heterocycles. The fraction of sp³-hybridized carbons (Fsp3) is 0.235. The molecule has 0 saturated heterocycles. The van der Waals surface area contributed by atoms with Crippen LogP contribution < -0.4 is 9.47 Å². The predicted molar refractivity (Wildman–Crippen MR) is 79.8 cm³/mol. The van der Waals surface area contributed by atoms with E-state index < -0.39 is 0 Å². The number of methoxy groups -OCH3 is 2. The van der Waals surface area contributed by atoms with E-state index in [1.807, 2.05) is 37.3 Å². The molecule has 0 atom stereocenters. The summed E-state index contributed by atoms with van der Waals surface area (Å²) in [5.74, 6) is 0.943. The molecule has 0 bridgehead atoms. The lowest BCUT2D eigenvalue weighted by molar-refractivity contribution is 0.0597. The highest BCUT2D eigenvalue weighted by Crippen LogP contribution is 2.28. The zero-order chi connectivity index (χ0) is 15.2. The number of carbonyl (C=O) groups excluding carboxylic acids is 1. The van der Waals surface area contributed by atoms with Gasteiger partial charge in [0.1, 0.15) is 6.61 Å². The van der Waals surface area contributed by atoms with E-state index in [9.17, 15) is 4.79 Å². The molecule has 0 spiro atoms. The maximum absolute atomic E-state index is 11.7. The fourth-order valence-electron chi connectivity index (χ4n) is 2.00. The molecule has 2 rings (SSSR count). The van der Waals surface area contributed by atoms with E-state index >= 15 is 0 Å². The van der Waals surface area contributed by atoms with Gasteiger partial charge in [-0.2, -0.15) is 0 Å². The molecule has 110 valence electrons. The first-order chi connectivity index (χ1) is 10.2. The molecule has 4 heteroatoms. The van der Waals surface area contributed by atoms with Crippen LogP contribution in [0.5, 0.6) is 11.5 Å². The van der Waals surface area contributed by atoms with Crippen LogP contribution in [0, 0.1) is 6.92 Å². The largest absolute Gasteiger partial charge is 0.493 e. The molecule has 2 aromatic rings. The van der Waals surface area contributed by atoms with Crippen LogP contribution in [0.15, 0.2) is 42.5 Å². The van der Waals surface area contributed by atoms with Gasteiger partial charge in [0.2, 0.25) is 0 Å². The van der Waals surface area contributed by atoms with Crippen molar-refractivity contribution >= 4 is 5.97 Å². The van der Waals surface area contributed by atoms with Crippen LogP contribution in [0.3, 0.4) is 0 Å². The Bertz CT molecular complexity index is 634. The third kappa shape index (κ3) is 3.54. The Labute approximate surface area is 124 Å². The van der Waals surface area contributed by atoms with Crippen LogP contribution in [-0.4, -0.2) is 20.2 Å². The molecule has 0 unspecified atom stereocenters. The van der Waals surface area contributed by atoms with Gasteiger partial charge in [-0.15, -0.1) is 0 Å². The van der Waals surface area contributed by atoms with Crippen molar-refractivity contribution in [1.82, 2.24) is 0 Å². The molecule has 0 radical (unpaired) electrons. The molecule has 0 saturated carbocycles. The van der Waals surface area contributed by atoms with Crippen LogP contribution in [0.2, 0.25) is 0 Å². The van der Waals surface area contributed by atoms with Crippen molar-refractivity contribution in [3.05, 3.63) is 59.2 Å². The summed E-state index contributed by atoms with van der Waals surface area (Å²) >= 11 is 0. The molecular formula is C17H18O4. The summed E-state index contributed by atoms with van der Waals surface area (Å²) in [5, 5.41) is 0. The zero-order valence-electron chi connectivity index (χ0n) is 12.4. The van der Waals surface area contributed by atoms with Crippen LogP contribution in [0.1, 0.15) is 21.5 Å². The molecule has 0 heterocycles. The van der Waals surface area contributed by atoms with E-state index in [2.05, 4.69) is 0 Å². The summed E-state index contributed by atoms with van der Waals surface area (Å²) in [6.45, 7) is 2.25. The van der Waals surface area contributed by atoms with Crippen molar-refractivity contribution < 1.29 is 19.0 Å². The summed E-state index contributed by atoms with van der Waals surface area (Å²) in [7, 11) is 2.97. The number of ether oxygens (including phenoxy) is 3. The molecule has 0 amide bonds. The molecule has 0 aliphatic carbocycles. The van der Waals surface area contributed by atoms with Crippen LogP contribution in [0.25, 0.3) is 0 Å². The third-order valence-electron chi connectivity index (χ3n) is 3.12. The third-order valence-corrected chi connectivity index (χ3v) is 3.12. The number of esters is 1. The Balaban J connectivity index is 2.19. The molecular weight excluding hydrogens is 268 g/mol. The zero-order valence-corrected chi connectivity index (χ0v) is 12.4. The number of benzene rings is 2. The lowest BCUT2D eigenvalue weighted by Crippen LogP contribution is -2.08. The second kappa shape index (κ2) is 6.79. The van der Waals surface area contributed by atoms with E-state index in [-0.39, 0.29) is 12.6 Å². The van der Waals surface area contributed by atoms with Gasteiger partial charge in [-0.1, -0.05) is 24.3 Å². The van der Waals surface area contributed by atoms with Gasteiger partial charge in [0.25, 0.3) is 0 Å². The maximum atomic E-state index is 11.7. The van der Waals surface area contributed by atoms with Gasteiger partial charge in [0.05, 0.1) is 19.8 Å². The van der Waals surface area contributed by atoms with Crippen molar-refractivity contribution in [2.75, 3.05) is 14.2 Å². The number of rotatable bonds is 5. The number of aryl methyl sites for hydroxylation is 1. The minimum absolute atomic E-state index is 0.269. The fourth-order valence-corrected chi connectivity index (χ4v) is 2.00. The van der Waals surface area contributed by atoms with Crippen LogP contribution in [-0.2, 0) is 11.3 Å². The van der Waals surface area contributed by atoms with Gasteiger partial charge >= 0.3 is 5.97 Å². The van der Waals surface area contributed by atoms with Gasteiger partial charge in [0.15, 0.2) is 11.5 Å². The monoisotopic (exact) mass is 286 g/mol. The van der Waals surface area contributed by atoms with Gasteiger partial charge in [-0.25, -0.2) is 4.79 Å². The van der Waals surface area contributed by atoms with Crippen molar-refractivity contribution in [2.24, 2.45) is 0 Å². The van der Waals surface area contributed by atoms with Crippen LogP contribution >= 0.6 is 0 Å². The van der Waals surface area contributed by atoms with E-state index in [1.165, 1.54) is 7.11 Å². The van der Waals surface area contributed by atoms with Gasteiger partial charge < -0.3 is 14.2 Å². The predicted octanol–water partition coefficient (Wildman–Crippen LogP) is 3.37. The van der Waals surface area contributed by atoms with E-state index in [1.54, 1.807) is 19.2 Å². The summed E-state index contributed by atoms with van der Waals surface area (Å²) < 4.78 is 15.8. The average molecular weight is 286 g/mol. The van der Waals surface area contributed by atoms with Crippen molar-refractivity contribution in [2.45, 2.75) is 13.5 Å². The standard InChI is InChI=1S/C17H18O4/c1-12-8-9-15(16(10-12)19-2)21-11-13-6-4-5-7-14(13)17(18)20-3/h4-10H,11H2,1-3H3. The molecule has 2 aromatic carbocycles. The number of carbonyl (C=O) groups is 1. The van der Waals surface area contributed by atoms with Crippen molar-refractivity contribution in [1.29, 1.82) is 0 Å². The smallest absolute Gasteiger partial charge is 0.338 e. The molecule has 21 heavy (non-hydrogen) atoms. The first kappa shape index (κ1) is 14.9. The van der Waals surface area contributed by atoms with Crippen molar-refractivity contribution in [3.8, 4) is 11.5 Å². The van der Waals surface area contributed by atoms with Gasteiger partial charge in [-0.3, -0.25) is 0 Å². The highest BCUT2D eigenvalue weighted by molar-refractivity contribution is 5.90. The minimum Gasteiger partial charge on any atom is -0.493 e. The summed E-state index contributed by atoms with van der Waals surface area (Å²) in [4.78, 5) is 11.7. The second-order valence-corrected chi connectivity index (χ2v) is 4.59. The first-order valence-corrected chi connectivity index (χ1v) is 6.59. The lowest BCUT2D eigenvalue weighted by Gasteiger charge is -2.13. The van der Waals surface area contributed by atoms with E-state index in [0.29, 0.717) is 17.1 Å². The number of hydrogen-bond acceptors (Lipinski definition) is 4. The van der Waals surface area contributed by atoms with Gasteiger partial charge in [0, 0.05) is 5.56 Å². The Morgan fingerprint density at radius 1 is 1.05 bits per heavy atom. The minimum atomic E-state index is -0.370. The van der Waals surface area contributed by atoms with E-state index in [0.717, 1.165) is 11.1 Å². The normalized spacial score (nSPS) is 10.0. The molecule has 0 aliphatic heterocycles. The Hall–Kier alpha value is -2.49. The van der Waals surface area contributed by atoms with Crippen LogP contribution in [0.4, 0.5) is 0 Å². The summed E-state index contributed by atoms with van der Waals surface area (Å²) in [6.07, 6.45) is 0. The average Bonchev–Trinajstić information content (AvgIpc) is 2.53. The Morgan fingerprint density at radius 2 is 1.81 bits per heavy atom. The topological polar surface area (TPSA) is 44.8 Å². The SMILES string of the molecule is COC(=O)c1ccccc1COc1ccc(C)cc1OC. The molecule has 0 N–H and O–H groups in total. The molecule has 0 aliphatic rings. The van der Waals surface area contributed by atoms with Crippen molar-refractivity contribution in [3.63, 3.8) is 0 Å². The van der Waals surface area contributed by atoms with Gasteiger partial charge in [-0.05, 0) is 30.7 Å².